The standard InChI is InChI=1S/C24H27N5O3/c30-22(8-11-27-24(32)21-2-1-9-25-21)29-18-4-5-19(29)14-17(13-18)28-16-3-6-20-15(12-16)7-10-26-23(20)31/h1-3,6-7,9-10,12,17-19,25,28H,4-5,8,11,13-14H2,(H,26,31)(H,27,32)/t17-,18-,19+. The van der Waals surface area contributed by atoms with Gasteiger partial charge in [0.25, 0.3) is 11.5 Å². The van der Waals surface area contributed by atoms with E-state index in [0.717, 1.165) is 36.8 Å². The van der Waals surface area contributed by atoms with Crippen molar-refractivity contribution in [1.82, 2.24) is 20.2 Å². The molecule has 2 aliphatic heterocycles. The van der Waals surface area contributed by atoms with Gasteiger partial charge in [-0.1, -0.05) is 0 Å². The molecule has 2 aliphatic rings. The Morgan fingerprint density at radius 3 is 2.59 bits per heavy atom. The molecule has 0 aliphatic carbocycles. The Bertz CT molecular complexity index is 1170. The molecule has 3 atom stereocenters. The Balaban J connectivity index is 1.17. The summed E-state index contributed by atoms with van der Waals surface area (Å²) in [6.45, 7) is 0.338. The number of rotatable bonds is 6. The molecule has 2 bridgehead atoms. The van der Waals surface area contributed by atoms with Crippen LogP contribution in [0, 0.1) is 0 Å². The minimum absolute atomic E-state index is 0.0806. The highest BCUT2D eigenvalue weighted by atomic mass is 16.2. The molecule has 2 fully saturated rings. The van der Waals surface area contributed by atoms with E-state index in [4.69, 9.17) is 0 Å². The molecule has 0 unspecified atom stereocenters. The van der Waals surface area contributed by atoms with Gasteiger partial charge in [0, 0.05) is 54.6 Å². The Kier molecular flexibility index (Phi) is 5.43. The van der Waals surface area contributed by atoms with Crippen molar-refractivity contribution in [3.63, 3.8) is 0 Å². The van der Waals surface area contributed by atoms with Gasteiger partial charge < -0.3 is 25.5 Å². The first-order valence-electron chi connectivity index (χ1n) is 11.2. The van der Waals surface area contributed by atoms with Crippen LogP contribution in [0.4, 0.5) is 5.69 Å². The summed E-state index contributed by atoms with van der Waals surface area (Å²) in [5.74, 6) is -0.0706. The number of H-pyrrole nitrogens is 2. The number of hydrogen-bond acceptors (Lipinski definition) is 4. The average Bonchev–Trinajstić information content (AvgIpc) is 3.41. The van der Waals surface area contributed by atoms with Gasteiger partial charge in [-0.05, 0) is 67.5 Å². The van der Waals surface area contributed by atoms with Gasteiger partial charge in [-0.25, -0.2) is 0 Å². The highest BCUT2D eigenvalue weighted by molar-refractivity contribution is 5.92. The summed E-state index contributed by atoms with van der Waals surface area (Å²) in [4.78, 5) is 44.4. The van der Waals surface area contributed by atoms with Crippen LogP contribution in [0.3, 0.4) is 0 Å². The van der Waals surface area contributed by atoms with Gasteiger partial charge in [-0.2, -0.15) is 0 Å². The molecule has 4 heterocycles. The molecule has 2 amide bonds. The van der Waals surface area contributed by atoms with Crippen molar-refractivity contribution in [3.05, 3.63) is 64.8 Å². The minimum atomic E-state index is -0.189. The van der Waals surface area contributed by atoms with Gasteiger partial charge in [0.05, 0.1) is 0 Å². The molecule has 8 heteroatoms. The van der Waals surface area contributed by atoms with Gasteiger partial charge in [-0.15, -0.1) is 0 Å². The molecule has 0 radical (unpaired) electrons. The lowest BCUT2D eigenvalue weighted by atomic mass is 9.96. The van der Waals surface area contributed by atoms with Gasteiger partial charge in [0.15, 0.2) is 0 Å². The molecule has 166 valence electrons. The predicted octanol–water partition coefficient (Wildman–Crippen LogP) is 2.61. The number of amides is 2. The molecular weight excluding hydrogens is 406 g/mol. The summed E-state index contributed by atoms with van der Waals surface area (Å²) in [6, 6.07) is 12.0. The number of anilines is 1. The molecule has 3 aromatic rings. The molecule has 0 saturated carbocycles. The summed E-state index contributed by atoms with van der Waals surface area (Å²) in [5.41, 5.74) is 1.42. The van der Waals surface area contributed by atoms with E-state index in [9.17, 15) is 14.4 Å². The molecule has 0 spiro atoms. The van der Waals surface area contributed by atoms with Crippen LogP contribution in [0.2, 0.25) is 0 Å². The number of aromatic nitrogens is 2. The van der Waals surface area contributed by atoms with E-state index in [1.54, 1.807) is 24.5 Å². The van der Waals surface area contributed by atoms with Crippen LogP contribution in [0.15, 0.2) is 53.6 Å². The molecule has 1 aromatic carbocycles. The number of carbonyl (C=O) groups excluding carboxylic acids is 2. The van der Waals surface area contributed by atoms with Crippen molar-refractivity contribution in [3.8, 4) is 0 Å². The van der Waals surface area contributed by atoms with E-state index in [2.05, 4.69) is 25.5 Å². The summed E-state index contributed by atoms with van der Waals surface area (Å²) >= 11 is 0. The van der Waals surface area contributed by atoms with Crippen molar-refractivity contribution < 1.29 is 9.59 Å². The lowest BCUT2D eigenvalue weighted by Gasteiger charge is -2.39. The smallest absolute Gasteiger partial charge is 0.267 e. The molecule has 5 rings (SSSR count). The zero-order valence-corrected chi connectivity index (χ0v) is 17.8. The topological polar surface area (TPSA) is 110 Å². The summed E-state index contributed by atoms with van der Waals surface area (Å²) in [5, 5.41) is 8.02. The van der Waals surface area contributed by atoms with Crippen molar-refractivity contribution >= 4 is 28.3 Å². The fourth-order valence-electron chi connectivity index (χ4n) is 5.20. The van der Waals surface area contributed by atoms with Gasteiger partial charge >= 0.3 is 0 Å². The van der Waals surface area contributed by atoms with Crippen LogP contribution in [0.25, 0.3) is 10.8 Å². The highest BCUT2D eigenvalue weighted by Crippen LogP contribution is 2.37. The van der Waals surface area contributed by atoms with Crippen LogP contribution < -0.4 is 16.2 Å². The number of aromatic amines is 2. The molecule has 2 aromatic heterocycles. The van der Waals surface area contributed by atoms with Crippen LogP contribution in [-0.2, 0) is 4.79 Å². The van der Waals surface area contributed by atoms with Crippen molar-refractivity contribution in [1.29, 1.82) is 0 Å². The van der Waals surface area contributed by atoms with E-state index >= 15 is 0 Å². The third-order valence-corrected chi connectivity index (χ3v) is 6.63. The molecular formula is C24H27N5O3. The monoisotopic (exact) mass is 433 g/mol. The number of pyridine rings is 1. The number of piperidine rings is 1. The maximum absolute atomic E-state index is 12.9. The highest BCUT2D eigenvalue weighted by Gasteiger charge is 2.42. The van der Waals surface area contributed by atoms with Crippen LogP contribution in [0.5, 0.6) is 0 Å². The first-order chi connectivity index (χ1) is 15.6. The third kappa shape index (κ3) is 4.00. The third-order valence-electron chi connectivity index (χ3n) is 6.63. The van der Waals surface area contributed by atoms with E-state index in [1.165, 1.54) is 0 Å². The molecule has 32 heavy (non-hydrogen) atoms. The fraction of sp³-hybridized carbons (Fsp3) is 0.375. The Labute approximate surface area is 185 Å². The zero-order valence-electron chi connectivity index (χ0n) is 17.8. The lowest BCUT2D eigenvalue weighted by Crippen LogP contribution is -2.50. The predicted molar refractivity (Wildman–Crippen MR) is 123 cm³/mol. The summed E-state index contributed by atoms with van der Waals surface area (Å²) in [6.07, 6.45) is 7.55. The SMILES string of the molecule is O=C(NCCC(=O)N1[C@@H]2CC[C@H]1C[C@H](Nc1ccc3c(=O)[nH]ccc3c1)C2)c1ccc[nH]1. The first kappa shape index (κ1) is 20.4. The number of nitrogens with zero attached hydrogens (tertiary/aromatic N) is 1. The van der Waals surface area contributed by atoms with E-state index in [0.29, 0.717) is 30.1 Å². The summed E-state index contributed by atoms with van der Waals surface area (Å²) in [7, 11) is 0. The maximum Gasteiger partial charge on any atom is 0.267 e. The Morgan fingerprint density at radius 2 is 1.84 bits per heavy atom. The maximum atomic E-state index is 12.9. The van der Waals surface area contributed by atoms with Crippen LogP contribution in [-0.4, -0.2) is 51.4 Å². The van der Waals surface area contributed by atoms with Crippen molar-refractivity contribution in [2.45, 2.75) is 50.2 Å². The van der Waals surface area contributed by atoms with Crippen LogP contribution in [0.1, 0.15) is 42.6 Å². The lowest BCUT2D eigenvalue weighted by molar-refractivity contribution is -0.135. The van der Waals surface area contributed by atoms with Gasteiger partial charge in [0.2, 0.25) is 5.91 Å². The summed E-state index contributed by atoms with van der Waals surface area (Å²) < 4.78 is 0. The molecule has 8 nitrogen and oxygen atoms in total. The first-order valence-corrected chi connectivity index (χ1v) is 11.2. The van der Waals surface area contributed by atoms with Crippen molar-refractivity contribution in [2.75, 3.05) is 11.9 Å². The minimum Gasteiger partial charge on any atom is -0.382 e. The number of fused-ring (bicyclic) bond motifs is 3. The Hall–Kier alpha value is -3.55. The quantitative estimate of drug-likeness (QED) is 0.479. The molecule has 4 N–H and O–H groups in total. The second kappa shape index (κ2) is 8.53. The van der Waals surface area contributed by atoms with E-state index in [1.807, 2.05) is 24.3 Å². The average molecular weight is 434 g/mol. The second-order valence-electron chi connectivity index (χ2n) is 8.70. The second-order valence-corrected chi connectivity index (χ2v) is 8.70. The number of nitrogens with one attached hydrogen (secondary N) is 4. The zero-order chi connectivity index (χ0) is 22.1. The van der Waals surface area contributed by atoms with Crippen molar-refractivity contribution in [2.24, 2.45) is 0 Å². The number of hydrogen-bond donors (Lipinski definition) is 4. The largest absolute Gasteiger partial charge is 0.382 e. The Morgan fingerprint density at radius 1 is 1.03 bits per heavy atom. The van der Waals surface area contributed by atoms with Gasteiger partial charge in [0.1, 0.15) is 5.69 Å². The fourth-order valence-corrected chi connectivity index (χ4v) is 5.20. The van der Waals surface area contributed by atoms with Crippen LogP contribution >= 0.6 is 0 Å². The molecule has 2 saturated heterocycles. The number of carbonyl (C=O) groups is 2. The van der Waals surface area contributed by atoms with E-state index in [-0.39, 0.29) is 29.5 Å². The van der Waals surface area contributed by atoms with Gasteiger partial charge in [-0.3, -0.25) is 14.4 Å². The van der Waals surface area contributed by atoms with E-state index < -0.39 is 0 Å². The normalized spacial score (nSPS) is 22.1. The number of benzene rings is 1.